The summed E-state index contributed by atoms with van der Waals surface area (Å²) in [5, 5.41) is 12.9. The molecule has 0 saturated carbocycles. The zero-order valence-electron chi connectivity index (χ0n) is 13.8. The fourth-order valence-corrected chi connectivity index (χ4v) is 2.46. The number of carbonyl (C=O) groups is 1. The first kappa shape index (κ1) is 17.1. The number of hydrogen-bond donors (Lipinski definition) is 2. The van der Waals surface area contributed by atoms with Crippen LogP contribution in [0.1, 0.15) is 18.1 Å². The number of hydrogen-bond acceptors (Lipinski definition) is 5. The van der Waals surface area contributed by atoms with E-state index in [0.717, 1.165) is 5.75 Å². The van der Waals surface area contributed by atoms with Crippen molar-refractivity contribution in [3.63, 3.8) is 0 Å². The number of fused-ring (bicyclic) bond motifs is 1. The highest BCUT2D eigenvalue weighted by Crippen LogP contribution is 2.32. The molecule has 6 nitrogen and oxygen atoms in total. The second-order valence-electron chi connectivity index (χ2n) is 5.63. The van der Waals surface area contributed by atoms with Gasteiger partial charge in [-0.1, -0.05) is 24.3 Å². The molecule has 1 amide bonds. The van der Waals surface area contributed by atoms with Crippen LogP contribution in [0.4, 0.5) is 0 Å². The van der Waals surface area contributed by atoms with E-state index in [9.17, 15) is 9.90 Å². The Hall–Kier alpha value is -2.73. The first-order chi connectivity index (χ1) is 12.2. The molecule has 0 fully saturated rings. The summed E-state index contributed by atoms with van der Waals surface area (Å²) in [5.74, 6) is 1.84. The van der Waals surface area contributed by atoms with E-state index in [4.69, 9.17) is 14.2 Å². The average molecular weight is 343 g/mol. The number of benzene rings is 2. The molecule has 0 spiro atoms. The molecule has 6 heteroatoms. The molecule has 2 aromatic rings. The van der Waals surface area contributed by atoms with E-state index in [1.54, 1.807) is 18.2 Å². The van der Waals surface area contributed by atoms with Gasteiger partial charge >= 0.3 is 0 Å². The number of ether oxygens (including phenoxy) is 3. The molecular weight excluding hydrogens is 322 g/mol. The number of para-hydroxylation sites is 1. The topological polar surface area (TPSA) is 77.0 Å². The maximum atomic E-state index is 11.9. The van der Waals surface area contributed by atoms with Crippen LogP contribution < -0.4 is 19.5 Å². The first-order valence-corrected chi connectivity index (χ1v) is 8.24. The van der Waals surface area contributed by atoms with E-state index in [1.807, 2.05) is 30.3 Å². The van der Waals surface area contributed by atoms with Gasteiger partial charge in [0.15, 0.2) is 11.5 Å². The summed E-state index contributed by atoms with van der Waals surface area (Å²) in [6.45, 7) is 1.43. The van der Waals surface area contributed by atoms with Crippen LogP contribution in [-0.4, -0.2) is 37.4 Å². The van der Waals surface area contributed by atoms with Crippen molar-refractivity contribution in [2.75, 3.05) is 26.4 Å². The third kappa shape index (κ3) is 4.87. The normalized spacial score (nSPS) is 13.8. The maximum absolute atomic E-state index is 11.9. The van der Waals surface area contributed by atoms with E-state index in [1.165, 1.54) is 0 Å². The Morgan fingerprint density at radius 3 is 2.68 bits per heavy atom. The lowest BCUT2D eigenvalue weighted by Crippen LogP contribution is -2.29. The maximum Gasteiger partial charge on any atom is 0.223 e. The Labute approximate surface area is 146 Å². The van der Waals surface area contributed by atoms with Crippen LogP contribution in [0.25, 0.3) is 0 Å². The zero-order chi connectivity index (χ0) is 17.5. The van der Waals surface area contributed by atoms with Crippen molar-refractivity contribution >= 4 is 5.91 Å². The van der Waals surface area contributed by atoms with Gasteiger partial charge in [0, 0.05) is 6.54 Å². The van der Waals surface area contributed by atoms with Crippen LogP contribution in [0.3, 0.4) is 0 Å². The molecule has 1 unspecified atom stereocenters. The van der Waals surface area contributed by atoms with Crippen LogP contribution in [0.15, 0.2) is 48.5 Å². The zero-order valence-corrected chi connectivity index (χ0v) is 13.8. The summed E-state index contributed by atoms with van der Waals surface area (Å²) >= 11 is 0. The van der Waals surface area contributed by atoms with E-state index < -0.39 is 6.10 Å². The summed E-state index contributed by atoms with van der Waals surface area (Å²) in [6.07, 6.45) is -0.585. The smallest absolute Gasteiger partial charge is 0.223 e. The highest BCUT2D eigenvalue weighted by molar-refractivity contribution is 5.76. The summed E-state index contributed by atoms with van der Waals surface area (Å²) < 4.78 is 16.4. The minimum Gasteiger partial charge on any atom is -0.493 e. The van der Waals surface area contributed by atoms with Crippen molar-refractivity contribution in [2.45, 2.75) is 12.5 Å². The van der Waals surface area contributed by atoms with Gasteiger partial charge in [-0.25, -0.2) is 0 Å². The second kappa shape index (κ2) is 8.39. The monoisotopic (exact) mass is 343 g/mol. The molecule has 1 atom stereocenters. The molecular formula is C19H21NO5. The molecule has 0 aromatic heterocycles. The molecule has 1 aliphatic rings. The summed E-state index contributed by atoms with van der Waals surface area (Å²) in [4.78, 5) is 11.9. The van der Waals surface area contributed by atoms with Gasteiger partial charge in [-0.05, 0) is 29.8 Å². The third-order valence-electron chi connectivity index (χ3n) is 3.78. The number of amides is 1. The van der Waals surface area contributed by atoms with Gasteiger partial charge in [-0.2, -0.15) is 0 Å². The van der Waals surface area contributed by atoms with E-state index in [0.29, 0.717) is 30.3 Å². The predicted octanol–water partition coefficient (Wildman–Crippen LogP) is 2.08. The van der Waals surface area contributed by atoms with Crippen LogP contribution in [-0.2, 0) is 4.79 Å². The number of carbonyl (C=O) groups excluding carboxylic acids is 1. The molecule has 0 aliphatic carbocycles. The lowest BCUT2D eigenvalue weighted by molar-refractivity contribution is -0.122. The molecule has 1 aliphatic heterocycles. The third-order valence-corrected chi connectivity index (χ3v) is 3.78. The van der Waals surface area contributed by atoms with Gasteiger partial charge in [0.1, 0.15) is 19.0 Å². The van der Waals surface area contributed by atoms with Gasteiger partial charge in [0.2, 0.25) is 5.91 Å². The molecule has 25 heavy (non-hydrogen) atoms. The minimum absolute atomic E-state index is 0.129. The van der Waals surface area contributed by atoms with Crippen molar-refractivity contribution < 1.29 is 24.1 Å². The fraction of sp³-hybridized carbons (Fsp3) is 0.316. The largest absolute Gasteiger partial charge is 0.493 e. The van der Waals surface area contributed by atoms with Crippen molar-refractivity contribution in [3.8, 4) is 17.2 Å². The Kier molecular flexibility index (Phi) is 5.74. The molecule has 1 heterocycles. The minimum atomic E-state index is -0.810. The van der Waals surface area contributed by atoms with Gasteiger partial charge in [-0.15, -0.1) is 0 Å². The van der Waals surface area contributed by atoms with Gasteiger partial charge in [0.25, 0.3) is 0 Å². The van der Waals surface area contributed by atoms with Crippen LogP contribution in [0.5, 0.6) is 17.2 Å². The first-order valence-electron chi connectivity index (χ1n) is 8.24. The van der Waals surface area contributed by atoms with E-state index in [2.05, 4.69) is 5.32 Å². The van der Waals surface area contributed by atoms with E-state index >= 15 is 0 Å². The second-order valence-corrected chi connectivity index (χ2v) is 5.63. The Morgan fingerprint density at radius 1 is 1.12 bits per heavy atom. The van der Waals surface area contributed by atoms with Crippen molar-refractivity contribution in [3.05, 3.63) is 54.1 Å². The molecule has 2 aromatic carbocycles. The Balaban J connectivity index is 1.42. The predicted molar refractivity (Wildman–Crippen MR) is 92.0 cm³/mol. The van der Waals surface area contributed by atoms with Crippen molar-refractivity contribution in [1.29, 1.82) is 0 Å². The van der Waals surface area contributed by atoms with E-state index in [-0.39, 0.29) is 25.5 Å². The van der Waals surface area contributed by atoms with Crippen LogP contribution >= 0.6 is 0 Å². The Bertz CT molecular complexity index is 704. The molecule has 0 saturated heterocycles. The van der Waals surface area contributed by atoms with Crippen LogP contribution in [0.2, 0.25) is 0 Å². The highest BCUT2D eigenvalue weighted by Gasteiger charge is 2.16. The summed E-state index contributed by atoms with van der Waals surface area (Å²) in [7, 11) is 0. The van der Waals surface area contributed by atoms with Gasteiger partial charge in [-0.3, -0.25) is 4.79 Å². The molecule has 2 N–H and O–H groups in total. The lowest BCUT2D eigenvalue weighted by atomic mass is 10.1. The van der Waals surface area contributed by atoms with Gasteiger partial charge < -0.3 is 24.6 Å². The number of rotatable bonds is 7. The average Bonchev–Trinajstić information content (AvgIpc) is 2.66. The standard InChI is InChI=1S/C19H21NO5/c21-16(14-6-7-17-18(12-14)25-11-10-24-17)13-20-19(22)8-9-23-15-4-2-1-3-5-15/h1-7,12,16,21H,8-11,13H2,(H,20,22). The molecule has 132 valence electrons. The van der Waals surface area contributed by atoms with Crippen LogP contribution in [0, 0.1) is 0 Å². The summed E-state index contributed by atoms with van der Waals surface area (Å²) in [6, 6.07) is 14.6. The lowest BCUT2D eigenvalue weighted by Gasteiger charge is -2.20. The van der Waals surface area contributed by atoms with Crippen molar-refractivity contribution in [2.24, 2.45) is 0 Å². The van der Waals surface area contributed by atoms with Crippen molar-refractivity contribution in [1.82, 2.24) is 5.32 Å². The SMILES string of the molecule is O=C(CCOc1ccccc1)NCC(O)c1ccc2c(c1)OCCO2. The molecule has 0 bridgehead atoms. The Morgan fingerprint density at radius 2 is 1.88 bits per heavy atom. The highest BCUT2D eigenvalue weighted by atomic mass is 16.6. The number of aliphatic hydroxyl groups is 1. The molecule has 3 rings (SSSR count). The number of aliphatic hydroxyl groups excluding tert-OH is 1. The fourth-order valence-electron chi connectivity index (χ4n) is 2.46. The van der Waals surface area contributed by atoms with Gasteiger partial charge in [0.05, 0.1) is 19.1 Å². The quantitative estimate of drug-likeness (QED) is 0.805. The number of nitrogens with one attached hydrogen (secondary N) is 1. The summed E-state index contributed by atoms with van der Waals surface area (Å²) in [5.41, 5.74) is 0.671. The molecule has 0 radical (unpaired) electrons.